The first kappa shape index (κ1) is 7.40. The Morgan fingerprint density at radius 2 is 2.33 bits per heavy atom. The molecule has 0 unspecified atom stereocenters. The monoisotopic (exact) mass is 301 g/mol. The molecule has 4 heteroatoms. The molecule has 0 aliphatic heterocycles. The molecule has 0 bridgehead atoms. The summed E-state index contributed by atoms with van der Waals surface area (Å²) in [6.45, 7) is 0. The summed E-state index contributed by atoms with van der Waals surface area (Å²) in [6.07, 6.45) is 1.47. The van der Waals surface area contributed by atoms with Crippen molar-refractivity contribution < 1.29 is 4.39 Å². The fourth-order valence-electron chi connectivity index (χ4n) is 0.391. The standard InChI is InChI=1S/C5H2BrFIN/c6-3-1-5(7)9-2-4(3)8/h1-2H. The van der Waals surface area contributed by atoms with Crippen molar-refractivity contribution in [2.24, 2.45) is 0 Å². The molecule has 0 aliphatic carbocycles. The average Bonchev–Trinajstić information content (AvgIpc) is 1.80. The Kier molecular flexibility index (Phi) is 2.40. The molecule has 0 aromatic carbocycles. The number of pyridine rings is 1. The van der Waals surface area contributed by atoms with E-state index in [-0.39, 0.29) is 0 Å². The van der Waals surface area contributed by atoms with E-state index in [9.17, 15) is 4.39 Å². The van der Waals surface area contributed by atoms with Gasteiger partial charge in [0.25, 0.3) is 0 Å². The van der Waals surface area contributed by atoms with Gasteiger partial charge in [0.1, 0.15) is 0 Å². The molecule has 1 rings (SSSR count). The Labute approximate surface area is 73.9 Å². The first-order chi connectivity index (χ1) is 4.20. The topological polar surface area (TPSA) is 12.9 Å². The van der Waals surface area contributed by atoms with E-state index >= 15 is 0 Å². The zero-order valence-electron chi connectivity index (χ0n) is 4.24. The van der Waals surface area contributed by atoms with Gasteiger partial charge in [-0.1, -0.05) is 0 Å². The lowest BCUT2D eigenvalue weighted by atomic mass is 10.5. The van der Waals surface area contributed by atoms with Crippen LogP contribution in [0.1, 0.15) is 0 Å². The summed E-state index contributed by atoms with van der Waals surface area (Å²) in [5.74, 6) is -0.456. The number of aromatic nitrogens is 1. The summed E-state index contributed by atoms with van der Waals surface area (Å²) in [7, 11) is 0. The summed E-state index contributed by atoms with van der Waals surface area (Å²) in [4.78, 5) is 3.44. The Hall–Kier alpha value is 0.290. The number of nitrogens with zero attached hydrogens (tertiary/aromatic N) is 1. The van der Waals surface area contributed by atoms with E-state index in [4.69, 9.17) is 0 Å². The second-order valence-corrected chi connectivity index (χ2v) is 3.44. The van der Waals surface area contributed by atoms with Crippen molar-refractivity contribution in [2.45, 2.75) is 0 Å². The molecule has 0 amide bonds. The third kappa shape index (κ3) is 1.86. The zero-order valence-corrected chi connectivity index (χ0v) is 7.98. The largest absolute Gasteiger partial charge is 0.227 e. The average molecular weight is 302 g/mol. The lowest BCUT2D eigenvalue weighted by molar-refractivity contribution is 0.582. The van der Waals surface area contributed by atoms with Crippen LogP contribution in [-0.4, -0.2) is 4.98 Å². The van der Waals surface area contributed by atoms with E-state index < -0.39 is 5.95 Å². The molecule has 0 fully saturated rings. The third-order valence-corrected chi connectivity index (χ3v) is 3.03. The molecule has 1 aromatic rings. The number of hydrogen-bond acceptors (Lipinski definition) is 1. The summed E-state index contributed by atoms with van der Waals surface area (Å²) in [5, 5.41) is 0. The molecule has 0 atom stereocenters. The van der Waals surface area contributed by atoms with E-state index in [1.165, 1.54) is 12.3 Å². The Balaban J connectivity index is 3.17. The van der Waals surface area contributed by atoms with Gasteiger partial charge < -0.3 is 0 Å². The zero-order chi connectivity index (χ0) is 6.85. The van der Waals surface area contributed by atoms with E-state index in [1.54, 1.807) is 0 Å². The summed E-state index contributed by atoms with van der Waals surface area (Å²) in [6, 6.07) is 1.34. The maximum atomic E-state index is 12.2. The molecule has 1 nitrogen and oxygen atoms in total. The van der Waals surface area contributed by atoms with Gasteiger partial charge in [0, 0.05) is 20.3 Å². The van der Waals surface area contributed by atoms with Gasteiger partial charge in [-0.05, 0) is 38.5 Å². The van der Waals surface area contributed by atoms with Crippen LogP contribution in [0.3, 0.4) is 0 Å². The Morgan fingerprint density at radius 1 is 1.67 bits per heavy atom. The fourth-order valence-corrected chi connectivity index (χ4v) is 0.977. The van der Waals surface area contributed by atoms with E-state index in [1.807, 2.05) is 0 Å². The minimum atomic E-state index is -0.456. The molecule has 1 heterocycles. The lowest BCUT2D eigenvalue weighted by Crippen LogP contribution is -1.82. The van der Waals surface area contributed by atoms with Gasteiger partial charge in [0.2, 0.25) is 5.95 Å². The molecule has 0 saturated heterocycles. The lowest BCUT2D eigenvalue weighted by Gasteiger charge is -1.91. The third-order valence-electron chi connectivity index (χ3n) is 0.775. The van der Waals surface area contributed by atoms with Gasteiger partial charge in [-0.3, -0.25) is 0 Å². The van der Waals surface area contributed by atoms with Gasteiger partial charge in [-0.25, -0.2) is 4.98 Å². The molecule has 1 aromatic heterocycles. The molecule has 0 spiro atoms. The van der Waals surface area contributed by atoms with Crippen molar-refractivity contribution in [3.8, 4) is 0 Å². The molecule has 9 heavy (non-hydrogen) atoms. The maximum Gasteiger partial charge on any atom is 0.213 e. The highest BCUT2D eigenvalue weighted by Crippen LogP contribution is 2.17. The highest BCUT2D eigenvalue weighted by Gasteiger charge is 1.96. The number of rotatable bonds is 0. The second kappa shape index (κ2) is 2.92. The van der Waals surface area contributed by atoms with Gasteiger partial charge in [0.15, 0.2) is 0 Å². The van der Waals surface area contributed by atoms with Gasteiger partial charge in [-0.15, -0.1) is 0 Å². The first-order valence-electron chi connectivity index (χ1n) is 2.16. The van der Waals surface area contributed by atoms with Crippen molar-refractivity contribution in [1.29, 1.82) is 0 Å². The van der Waals surface area contributed by atoms with E-state index in [0.29, 0.717) is 0 Å². The number of halogens is 3. The maximum absolute atomic E-state index is 12.2. The van der Waals surface area contributed by atoms with Crippen LogP contribution >= 0.6 is 38.5 Å². The van der Waals surface area contributed by atoms with Crippen molar-refractivity contribution in [1.82, 2.24) is 4.98 Å². The molecular weight excluding hydrogens is 300 g/mol. The van der Waals surface area contributed by atoms with Crippen LogP contribution in [0.25, 0.3) is 0 Å². The second-order valence-electron chi connectivity index (χ2n) is 1.42. The summed E-state index contributed by atoms with van der Waals surface area (Å²) >= 11 is 5.22. The van der Waals surface area contributed by atoms with Crippen molar-refractivity contribution in [3.05, 3.63) is 26.3 Å². The Bertz CT molecular complexity index is 228. The van der Waals surface area contributed by atoms with Gasteiger partial charge in [0.05, 0.1) is 0 Å². The number of hydrogen-bond donors (Lipinski definition) is 0. The molecule has 0 N–H and O–H groups in total. The smallest absolute Gasteiger partial charge is 0.213 e. The molecule has 48 valence electrons. The van der Waals surface area contributed by atoms with Crippen LogP contribution in [0.2, 0.25) is 0 Å². The molecular formula is C5H2BrFIN. The Morgan fingerprint density at radius 3 is 2.78 bits per heavy atom. The summed E-state index contributed by atoms with van der Waals surface area (Å²) < 4.78 is 13.9. The van der Waals surface area contributed by atoms with Crippen LogP contribution in [0, 0.1) is 9.52 Å². The SMILES string of the molecule is Fc1cc(Br)c(I)cn1. The van der Waals surface area contributed by atoms with Crippen molar-refractivity contribution >= 4 is 38.5 Å². The molecule has 0 radical (unpaired) electrons. The summed E-state index contributed by atoms with van der Waals surface area (Å²) in [5.41, 5.74) is 0. The van der Waals surface area contributed by atoms with Crippen molar-refractivity contribution in [2.75, 3.05) is 0 Å². The quantitative estimate of drug-likeness (QED) is 0.530. The molecule has 0 saturated carbocycles. The highest BCUT2D eigenvalue weighted by atomic mass is 127. The fraction of sp³-hybridized carbons (Fsp3) is 0. The van der Waals surface area contributed by atoms with E-state index in [0.717, 1.165) is 8.04 Å². The highest BCUT2D eigenvalue weighted by molar-refractivity contribution is 14.1. The van der Waals surface area contributed by atoms with Crippen LogP contribution in [0.5, 0.6) is 0 Å². The predicted molar refractivity (Wildman–Crippen MR) is 44.6 cm³/mol. The van der Waals surface area contributed by atoms with Crippen molar-refractivity contribution in [3.63, 3.8) is 0 Å². The van der Waals surface area contributed by atoms with Crippen LogP contribution in [-0.2, 0) is 0 Å². The van der Waals surface area contributed by atoms with Crippen LogP contribution < -0.4 is 0 Å². The minimum absolute atomic E-state index is 0.456. The minimum Gasteiger partial charge on any atom is -0.227 e. The van der Waals surface area contributed by atoms with Gasteiger partial charge >= 0.3 is 0 Å². The van der Waals surface area contributed by atoms with Crippen LogP contribution in [0.15, 0.2) is 16.7 Å². The normalized spacial score (nSPS) is 9.67. The van der Waals surface area contributed by atoms with E-state index in [2.05, 4.69) is 43.5 Å². The molecule has 0 aliphatic rings. The van der Waals surface area contributed by atoms with Crippen LogP contribution in [0.4, 0.5) is 4.39 Å². The first-order valence-corrected chi connectivity index (χ1v) is 4.04. The van der Waals surface area contributed by atoms with Gasteiger partial charge in [-0.2, -0.15) is 4.39 Å². The predicted octanol–water partition coefficient (Wildman–Crippen LogP) is 2.59.